The molecule has 5 heteroatoms. The Bertz CT molecular complexity index is 601. The van der Waals surface area contributed by atoms with Crippen molar-refractivity contribution < 1.29 is 18.7 Å². The number of hydrogen-bond acceptors (Lipinski definition) is 3. The predicted octanol–water partition coefficient (Wildman–Crippen LogP) is 2.66. The van der Waals surface area contributed by atoms with Crippen LogP contribution in [0.25, 0.3) is 11.0 Å². The smallest absolute Gasteiger partial charge is 0.371 e. The molecule has 17 heavy (non-hydrogen) atoms. The molecule has 0 spiro atoms. The van der Waals surface area contributed by atoms with Crippen molar-refractivity contribution in [3.8, 4) is 0 Å². The Morgan fingerprint density at radius 2 is 1.94 bits per heavy atom. The third-order valence-electron chi connectivity index (χ3n) is 1.90. The molecule has 2 rings (SSSR count). The third-order valence-corrected chi connectivity index (χ3v) is 1.90. The van der Waals surface area contributed by atoms with Crippen LogP contribution in [-0.2, 0) is 0 Å². The van der Waals surface area contributed by atoms with Gasteiger partial charge in [-0.2, -0.15) is 0 Å². The molecular formula is C12H11FO4. The SMILES string of the molecule is CC.O=C(O)c1cc(=O)c2cc(F)ccc2o1. The molecular weight excluding hydrogens is 227 g/mol. The van der Waals surface area contributed by atoms with Gasteiger partial charge >= 0.3 is 5.97 Å². The van der Waals surface area contributed by atoms with E-state index in [-0.39, 0.29) is 11.0 Å². The summed E-state index contributed by atoms with van der Waals surface area (Å²) in [6.07, 6.45) is 0. The summed E-state index contributed by atoms with van der Waals surface area (Å²) in [6, 6.07) is 4.15. The maximum Gasteiger partial charge on any atom is 0.371 e. The van der Waals surface area contributed by atoms with Crippen LogP contribution in [0.5, 0.6) is 0 Å². The normalized spacial score (nSPS) is 9.59. The highest BCUT2D eigenvalue weighted by Gasteiger charge is 2.10. The molecule has 0 radical (unpaired) electrons. The van der Waals surface area contributed by atoms with Crippen LogP contribution >= 0.6 is 0 Å². The molecule has 1 aromatic carbocycles. The van der Waals surface area contributed by atoms with Gasteiger partial charge in [-0.05, 0) is 18.2 Å². The van der Waals surface area contributed by atoms with Crippen molar-refractivity contribution in [1.29, 1.82) is 0 Å². The first-order valence-electron chi connectivity index (χ1n) is 5.04. The average Bonchev–Trinajstić information content (AvgIpc) is 2.32. The van der Waals surface area contributed by atoms with E-state index >= 15 is 0 Å². The van der Waals surface area contributed by atoms with Gasteiger partial charge in [-0.25, -0.2) is 9.18 Å². The van der Waals surface area contributed by atoms with Gasteiger partial charge in [0.25, 0.3) is 0 Å². The van der Waals surface area contributed by atoms with Crippen LogP contribution in [0.2, 0.25) is 0 Å². The number of benzene rings is 1. The second-order valence-electron chi connectivity index (χ2n) is 2.92. The van der Waals surface area contributed by atoms with Crippen molar-refractivity contribution in [1.82, 2.24) is 0 Å². The molecule has 0 atom stereocenters. The first kappa shape index (κ1) is 12.9. The molecule has 0 saturated heterocycles. The van der Waals surface area contributed by atoms with Crippen LogP contribution in [0.1, 0.15) is 24.4 Å². The maximum absolute atomic E-state index is 12.8. The lowest BCUT2D eigenvalue weighted by molar-refractivity contribution is 0.0663. The van der Waals surface area contributed by atoms with E-state index in [0.29, 0.717) is 0 Å². The molecule has 0 saturated carbocycles. The summed E-state index contributed by atoms with van der Waals surface area (Å²) in [4.78, 5) is 21.9. The Hall–Kier alpha value is -2.17. The number of halogens is 1. The summed E-state index contributed by atoms with van der Waals surface area (Å²) in [5, 5.41) is 8.64. The molecule has 0 bridgehead atoms. The number of carboxylic acids is 1. The maximum atomic E-state index is 12.8. The number of aromatic carboxylic acids is 1. The Labute approximate surface area is 96.3 Å². The van der Waals surface area contributed by atoms with Gasteiger partial charge in [0.2, 0.25) is 5.76 Å². The molecule has 1 N–H and O–H groups in total. The van der Waals surface area contributed by atoms with Crippen molar-refractivity contribution >= 4 is 16.9 Å². The Morgan fingerprint density at radius 1 is 1.29 bits per heavy atom. The highest BCUT2D eigenvalue weighted by molar-refractivity contribution is 5.87. The molecule has 0 fully saturated rings. The zero-order valence-corrected chi connectivity index (χ0v) is 9.36. The quantitative estimate of drug-likeness (QED) is 0.829. The van der Waals surface area contributed by atoms with Crippen LogP contribution in [0.15, 0.2) is 33.5 Å². The second kappa shape index (κ2) is 5.25. The van der Waals surface area contributed by atoms with E-state index in [0.717, 1.165) is 18.2 Å². The first-order chi connectivity index (χ1) is 8.08. The van der Waals surface area contributed by atoms with Gasteiger partial charge in [0, 0.05) is 6.07 Å². The monoisotopic (exact) mass is 238 g/mol. The minimum atomic E-state index is -1.33. The van der Waals surface area contributed by atoms with Crippen LogP contribution in [-0.4, -0.2) is 11.1 Å². The second-order valence-corrected chi connectivity index (χ2v) is 2.92. The van der Waals surface area contributed by atoms with Gasteiger partial charge in [-0.3, -0.25) is 4.79 Å². The largest absolute Gasteiger partial charge is 0.475 e. The summed E-state index contributed by atoms with van der Waals surface area (Å²) in [5.41, 5.74) is -0.519. The van der Waals surface area contributed by atoms with E-state index < -0.39 is 23.0 Å². The van der Waals surface area contributed by atoms with E-state index in [1.54, 1.807) is 0 Å². The fourth-order valence-electron chi connectivity index (χ4n) is 1.23. The number of hydrogen-bond donors (Lipinski definition) is 1. The molecule has 0 unspecified atom stereocenters. The molecule has 1 heterocycles. The van der Waals surface area contributed by atoms with Gasteiger partial charge in [-0.15, -0.1) is 0 Å². The Morgan fingerprint density at radius 3 is 2.53 bits per heavy atom. The molecule has 0 aliphatic heterocycles. The van der Waals surface area contributed by atoms with Gasteiger partial charge < -0.3 is 9.52 Å². The van der Waals surface area contributed by atoms with E-state index in [2.05, 4.69) is 0 Å². The molecule has 2 aromatic rings. The van der Waals surface area contributed by atoms with Crippen LogP contribution in [0, 0.1) is 5.82 Å². The van der Waals surface area contributed by atoms with Crippen molar-refractivity contribution in [2.75, 3.05) is 0 Å². The lowest BCUT2D eigenvalue weighted by Crippen LogP contribution is -2.06. The fourth-order valence-corrected chi connectivity index (χ4v) is 1.23. The van der Waals surface area contributed by atoms with Crippen LogP contribution < -0.4 is 5.43 Å². The lowest BCUT2D eigenvalue weighted by atomic mass is 10.2. The first-order valence-corrected chi connectivity index (χ1v) is 5.04. The van der Waals surface area contributed by atoms with E-state index in [4.69, 9.17) is 9.52 Å². The summed E-state index contributed by atoms with van der Waals surface area (Å²) in [6.45, 7) is 4.00. The molecule has 4 nitrogen and oxygen atoms in total. The van der Waals surface area contributed by atoms with E-state index in [1.165, 1.54) is 6.07 Å². The summed E-state index contributed by atoms with van der Waals surface area (Å²) in [5.74, 6) is -2.37. The number of rotatable bonds is 1. The Kier molecular flexibility index (Phi) is 3.98. The van der Waals surface area contributed by atoms with Crippen molar-refractivity contribution in [2.45, 2.75) is 13.8 Å². The van der Waals surface area contributed by atoms with Gasteiger partial charge in [-0.1, -0.05) is 13.8 Å². The van der Waals surface area contributed by atoms with E-state index in [9.17, 15) is 14.0 Å². The minimum absolute atomic E-state index is 0.0278. The zero-order valence-electron chi connectivity index (χ0n) is 9.36. The summed E-state index contributed by atoms with van der Waals surface area (Å²) in [7, 11) is 0. The van der Waals surface area contributed by atoms with Crippen LogP contribution in [0.3, 0.4) is 0 Å². The van der Waals surface area contributed by atoms with E-state index in [1.807, 2.05) is 13.8 Å². The van der Waals surface area contributed by atoms with Crippen molar-refractivity contribution in [3.05, 3.63) is 46.1 Å². The topological polar surface area (TPSA) is 67.5 Å². The van der Waals surface area contributed by atoms with Crippen LogP contribution in [0.4, 0.5) is 4.39 Å². The number of carbonyl (C=O) groups is 1. The molecule has 0 aliphatic rings. The van der Waals surface area contributed by atoms with Crippen molar-refractivity contribution in [3.63, 3.8) is 0 Å². The third kappa shape index (κ3) is 2.69. The fraction of sp³-hybridized carbons (Fsp3) is 0.167. The van der Waals surface area contributed by atoms with Gasteiger partial charge in [0.1, 0.15) is 11.4 Å². The molecule has 90 valence electrons. The van der Waals surface area contributed by atoms with Gasteiger partial charge in [0.05, 0.1) is 5.39 Å². The Balaban J connectivity index is 0.000000686. The lowest BCUT2D eigenvalue weighted by Gasteiger charge is -1.98. The molecule has 0 aliphatic carbocycles. The summed E-state index contributed by atoms with van der Waals surface area (Å²) < 4.78 is 17.7. The minimum Gasteiger partial charge on any atom is -0.475 e. The predicted molar refractivity (Wildman–Crippen MR) is 60.7 cm³/mol. The number of carboxylic acid groups (broad SMARTS) is 1. The highest BCUT2D eigenvalue weighted by Crippen LogP contribution is 2.13. The molecule has 0 amide bonds. The van der Waals surface area contributed by atoms with Gasteiger partial charge in [0.15, 0.2) is 5.43 Å². The van der Waals surface area contributed by atoms with Crippen molar-refractivity contribution in [2.24, 2.45) is 0 Å². The highest BCUT2D eigenvalue weighted by atomic mass is 19.1. The standard InChI is InChI=1S/C10H5FO4.C2H6/c11-5-1-2-8-6(3-5)7(12)4-9(15-8)10(13)14;1-2/h1-4H,(H,13,14);1-2H3. The molecule has 1 aromatic heterocycles. The zero-order chi connectivity index (χ0) is 13.0. The average molecular weight is 238 g/mol. The number of fused-ring (bicyclic) bond motifs is 1. The summed E-state index contributed by atoms with van der Waals surface area (Å²) >= 11 is 0.